The Morgan fingerprint density at radius 2 is 2.06 bits per heavy atom. The molecule has 0 aliphatic rings. The fourth-order valence-corrected chi connectivity index (χ4v) is 3.11. The molecule has 0 spiro atoms. The van der Waals surface area contributed by atoms with Crippen LogP contribution in [0, 0.1) is 0 Å². The van der Waals surface area contributed by atoms with E-state index in [2.05, 4.69) is 37.8 Å². The molecule has 3 aromatic rings. The van der Waals surface area contributed by atoms with Crippen LogP contribution in [0.25, 0.3) is 0 Å². The Morgan fingerprint density at radius 1 is 1.25 bits per heavy atom. The number of phenolic OH excluding ortho intramolecular Hbond substituents is 1. The van der Waals surface area contributed by atoms with E-state index in [1.54, 1.807) is 18.2 Å². The van der Waals surface area contributed by atoms with Gasteiger partial charge in [0, 0.05) is 24.0 Å². The lowest BCUT2D eigenvalue weighted by molar-refractivity contribution is -0.111. The highest BCUT2D eigenvalue weighted by Gasteiger charge is 2.13. The summed E-state index contributed by atoms with van der Waals surface area (Å²) in [6.07, 6.45) is 2.70. The smallest absolute Gasteiger partial charge is 0.247 e. The molecule has 3 rings (SSSR count). The van der Waals surface area contributed by atoms with Gasteiger partial charge in [-0.2, -0.15) is 4.98 Å². The molecule has 0 saturated heterocycles. The highest BCUT2D eigenvalue weighted by molar-refractivity contribution is 6.32. The summed E-state index contributed by atoms with van der Waals surface area (Å²) >= 11 is 6.30. The van der Waals surface area contributed by atoms with Gasteiger partial charge in [0.25, 0.3) is 0 Å². The Hall–Kier alpha value is -3.78. The number of aromatic hydroxyl groups is 1. The van der Waals surface area contributed by atoms with Gasteiger partial charge >= 0.3 is 0 Å². The lowest BCUT2D eigenvalue weighted by Crippen LogP contribution is -2.11. The SMILES string of the molecule is C=CC(=O)Nc1cccc(C(C)Nc2nc(Nc3ccc(NCC)cc3O)ncc2Cl)c1. The van der Waals surface area contributed by atoms with Gasteiger partial charge in [0.1, 0.15) is 10.8 Å². The molecule has 1 atom stereocenters. The van der Waals surface area contributed by atoms with Crippen LogP contribution >= 0.6 is 11.6 Å². The van der Waals surface area contributed by atoms with Crippen molar-refractivity contribution in [3.63, 3.8) is 0 Å². The number of nitrogens with zero attached hydrogens (tertiary/aromatic N) is 2. The standard InChI is InChI=1S/C23H25ClN6O2/c1-4-21(32)28-17-8-6-7-15(11-17)14(3)27-22-18(24)13-26-23(30-22)29-19-10-9-16(25-5-2)12-20(19)31/h4,6-14,25,31H,1,5H2,2-3H3,(H,28,32)(H2,26,27,29,30). The number of hydrogen-bond donors (Lipinski definition) is 5. The van der Waals surface area contributed by atoms with E-state index in [1.807, 2.05) is 38.1 Å². The van der Waals surface area contributed by atoms with Crippen molar-refractivity contribution in [2.24, 2.45) is 0 Å². The van der Waals surface area contributed by atoms with Crippen LogP contribution in [0.3, 0.4) is 0 Å². The van der Waals surface area contributed by atoms with Crippen molar-refractivity contribution in [1.82, 2.24) is 9.97 Å². The summed E-state index contributed by atoms with van der Waals surface area (Å²) in [5.41, 5.74) is 2.87. The van der Waals surface area contributed by atoms with Gasteiger partial charge in [0.05, 0.1) is 17.9 Å². The Kier molecular flexibility index (Phi) is 7.51. The maximum Gasteiger partial charge on any atom is 0.247 e. The van der Waals surface area contributed by atoms with Crippen LogP contribution in [0.4, 0.5) is 28.8 Å². The van der Waals surface area contributed by atoms with Crippen molar-refractivity contribution < 1.29 is 9.90 Å². The fourth-order valence-electron chi connectivity index (χ4n) is 2.97. The predicted molar refractivity (Wildman–Crippen MR) is 130 cm³/mol. The number of halogens is 1. The van der Waals surface area contributed by atoms with Gasteiger partial charge in [-0.05, 0) is 49.8 Å². The average Bonchev–Trinajstić information content (AvgIpc) is 2.78. The van der Waals surface area contributed by atoms with Gasteiger partial charge in [0.15, 0.2) is 5.82 Å². The number of rotatable bonds is 9. The molecule has 1 heterocycles. The number of phenols is 1. The lowest BCUT2D eigenvalue weighted by atomic mass is 10.1. The maximum atomic E-state index is 11.6. The van der Waals surface area contributed by atoms with Crippen molar-refractivity contribution in [3.8, 4) is 5.75 Å². The van der Waals surface area contributed by atoms with Gasteiger partial charge in [0.2, 0.25) is 11.9 Å². The molecule has 0 saturated carbocycles. The molecule has 2 aromatic carbocycles. The highest BCUT2D eigenvalue weighted by atomic mass is 35.5. The minimum atomic E-state index is -0.279. The van der Waals surface area contributed by atoms with Crippen LogP contribution in [0.2, 0.25) is 5.02 Å². The van der Waals surface area contributed by atoms with E-state index in [0.717, 1.165) is 17.8 Å². The summed E-state index contributed by atoms with van der Waals surface area (Å²) in [4.78, 5) is 20.2. The van der Waals surface area contributed by atoms with Crippen molar-refractivity contribution in [3.05, 3.63) is 71.9 Å². The molecule has 1 amide bonds. The normalized spacial score (nSPS) is 11.3. The van der Waals surface area contributed by atoms with Crippen molar-refractivity contribution in [2.45, 2.75) is 19.9 Å². The molecule has 1 aromatic heterocycles. The first-order chi connectivity index (χ1) is 15.4. The second-order valence-corrected chi connectivity index (χ2v) is 7.37. The molecule has 166 valence electrons. The third-order valence-electron chi connectivity index (χ3n) is 4.56. The number of nitrogens with one attached hydrogen (secondary N) is 4. The molecule has 0 bridgehead atoms. The first-order valence-corrected chi connectivity index (χ1v) is 10.4. The Labute approximate surface area is 191 Å². The van der Waals surface area contributed by atoms with Gasteiger partial charge in [-0.3, -0.25) is 4.79 Å². The number of anilines is 5. The zero-order valence-electron chi connectivity index (χ0n) is 17.8. The number of benzene rings is 2. The zero-order chi connectivity index (χ0) is 23.1. The fraction of sp³-hybridized carbons (Fsp3) is 0.174. The van der Waals surface area contributed by atoms with Gasteiger partial charge in [-0.1, -0.05) is 30.3 Å². The molecule has 0 aliphatic carbocycles. The monoisotopic (exact) mass is 452 g/mol. The largest absolute Gasteiger partial charge is 0.506 e. The summed E-state index contributed by atoms with van der Waals surface area (Å²) in [6.45, 7) is 8.14. The molecule has 9 heteroatoms. The minimum absolute atomic E-state index is 0.0725. The van der Waals surface area contributed by atoms with Gasteiger partial charge < -0.3 is 26.4 Å². The highest BCUT2D eigenvalue weighted by Crippen LogP contribution is 2.30. The van der Waals surface area contributed by atoms with Crippen LogP contribution in [0.1, 0.15) is 25.5 Å². The van der Waals surface area contributed by atoms with Gasteiger partial charge in [-0.15, -0.1) is 0 Å². The van der Waals surface area contributed by atoms with E-state index in [9.17, 15) is 9.90 Å². The molecular weight excluding hydrogens is 428 g/mol. The number of amides is 1. The van der Waals surface area contributed by atoms with Crippen molar-refractivity contribution in [2.75, 3.05) is 27.8 Å². The van der Waals surface area contributed by atoms with E-state index < -0.39 is 0 Å². The van der Waals surface area contributed by atoms with Crippen LogP contribution < -0.4 is 21.3 Å². The summed E-state index contributed by atoms with van der Waals surface area (Å²) < 4.78 is 0. The van der Waals surface area contributed by atoms with E-state index in [0.29, 0.717) is 22.2 Å². The number of hydrogen-bond acceptors (Lipinski definition) is 7. The first-order valence-electron chi connectivity index (χ1n) is 10.1. The summed E-state index contributed by atoms with van der Waals surface area (Å²) in [5.74, 6) is 0.505. The van der Waals surface area contributed by atoms with E-state index in [-0.39, 0.29) is 23.6 Å². The Bertz CT molecular complexity index is 1120. The zero-order valence-corrected chi connectivity index (χ0v) is 18.6. The maximum absolute atomic E-state index is 11.6. The third-order valence-corrected chi connectivity index (χ3v) is 4.84. The lowest BCUT2D eigenvalue weighted by Gasteiger charge is -2.17. The topological polar surface area (TPSA) is 111 Å². The Balaban J connectivity index is 1.75. The van der Waals surface area contributed by atoms with E-state index >= 15 is 0 Å². The first kappa shape index (κ1) is 22.9. The third kappa shape index (κ3) is 5.89. The van der Waals surface area contributed by atoms with Crippen LogP contribution in [-0.2, 0) is 4.79 Å². The molecule has 0 fully saturated rings. The Morgan fingerprint density at radius 3 is 2.78 bits per heavy atom. The molecule has 0 radical (unpaired) electrons. The molecule has 5 N–H and O–H groups in total. The molecule has 1 unspecified atom stereocenters. The molecule has 0 aliphatic heterocycles. The minimum Gasteiger partial charge on any atom is -0.506 e. The van der Waals surface area contributed by atoms with E-state index in [1.165, 1.54) is 12.3 Å². The number of carbonyl (C=O) groups excluding carboxylic acids is 1. The van der Waals surface area contributed by atoms with Crippen molar-refractivity contribution >= 4 is 46.3 Å². The van der Waals surface area contributed by atoms with Crippen LogP contribution in [0.15, 0.2) is 61.3 Å². The summed E-state index contributed by atoms with van der Waals surface area (Å²) in [7, 11) is 0. The summed E-state index contributed by atoms with van der Waals surface area (Å²) in [6, 6.07) is 12.5. The van der Waals surface area contributed by atoms with E-state index in [4.69, 9.17) is 11.6 Å². The van der Waals surface area contributed by atoms with Crippen molar-refractivity contribution in [1.29, 1.82) is 0 Å². The quantitative estimate of drug-likeness (QED) is 0.221. The average molecular weight is 453 g/mol. The number of aromatic nitrogens is 2. The predicted octanol–water partition coefficient (Wildman–Crippen LogP) is 5.31. The molecule has 8 nitrogen and oxygen atoms in total. The second kappa shape index (κ2) is 10.5. The second-order valence-electron chi connectivity index (χ2n) is 6.96. The van der Waals surface area contributed by atoms with Gasteiger partial charge in [-0.25, -0.2) is 4.98 Å². The summed E-state index contributed by atoms with van der Waals surface area (Å²) in [5, 5.41) is 22.8. The molecule has 32 heavy (non-hydrogen) atoms. The van der Waals surface area contributed by atoms with Crippen LogP contribution in [0.5, 0.6) is 5.75 Å². The van der Waals surface area contributed by atoms with Crippen LogP contribution in [-0.4, -0.2) is 27.5 Å². The molecular formula is C23H25ClN6O2. The number of carbonyl (C=O) groups is 1.